The summed E-state index contributed by atoms with van der Waals surface area (Å²) in [5.41, 5.74) is 0.988. The van der Waals surface area contributed by atoms with Gasteiger partial charge in [-0.2, -0.15) is 0 Å². The predicted molar refractivity (Wildman–Crippen MR) is 117 cm³/mol. The number of hydrogen-bond donors (Lipinski definition) is 1. The van der Waals surface area contributed by atoms with Gasteiger partial charge in [-0.3, -0.25) is 14.5 Å². The van der Waals surface area contributed by atoms with E-state index in [0.29, 0.717) is 21.2 Å². The molecule has 0 saturated carbocycles. The van der Waals surface area contributed by atoms with Gasteiger partial charge in [0.1, 0.15) is 10.6 Å². The number of fused-ring (bicyclic) bond motifs is 1. The fraction of sp³-hybridized carbons (Fsp3) is 0.0909. The molecule has 0 spiro atoms. The third kappa shape index (κ3) is 3.20. The number of amides is 1. The number of aliphatic hydroxyl groups excluding tert-OH is 1. The lowest BCUT2D eigenvalue weighted by Crippen LogP contribution is -2.31. The first-order valence-corrected chi connectivity index (χ1v) is 10.5. The van der Waals surface area contributed by atoms with Crippen LogP contribution in [0.15, 0.2) is 70.3 Å². The van der Waals surface area contributed by atoms with Crippen molar-refractivity contribution in [2.24, 2.45) is 0 Å². The van der Waals surface area contributed by atoms with Gasteiger partial charge in [0.05, 0.1) is 11.6 Å². The Morgan fingerprint density at radius 2 is 1.97 bits per heavy atom. The summed E-state index contributed by atoms with van der Waals surface area (Å²) in [6.07, 6.45) is 0. The number of para-hydroxylation sites is 1. The van der Waals surface area contributed by atoms with Gasteiger partial charge in [0.2, 0.25) is 10.9 Å². The molecule has 1 amide bonds. The first-order valence-electron chi connectivity index (χ1n) is 9.29. The molecular formula is C22H14ClN3O4S. The molecule has 0 radical (unpaired) electrons. The number of nitrogens with zero attached hydrogens (tertiary/aromatic N) is 3. The minimum atomic E-state index is -0.931. The van der Waals surface area contributed by atoms with Crippen molar-refractivity contribution in [3.63, 3.8) is 0 Å². The topological polar surface area (TPSA) is 96.5 Å². The molecule has 7 nitrogen and oxygen atoms in total. The van der Waals surface area contributed by atoms with Crippen LogP contribution < -0.4 is 4.90 Å². The molecule has 1 unspecified atom stereocenters. The number of halogens is 1. The van der Waals surface area contributed by atoms with Crippen LogP contribution in [-0.4, -0.2) is 27.0 Å². The van der Waals surface area contributed by atoms with Gasteiger partial charge < -0.3 is 9.52 Å². The van der Waals surface area contributed by atoms with Crippen LogP contribution in [0.4, 0.5) is 5.13 Å². The highest BCUT2D eigenvalue weighted by atomic mass is 35.5. The largest absolute Gasteiger partial charge is 0.503 e. The Bertz CT molecular complexity index is 1360. The van der Waals surface area contributed by atoms with E-state index in [2.05, 4.69) is 10.2 Å². The summed E-state index contributed by atoms with van der Waals surface area (Å²) in [6.45, 7) is 1.75. The minimum absolute atomic E-state index is 0.0258. The second-order valence-corrected chi connectivity index (χ2v) is 8.57. The Morgan fingerprint density at radius 1 is 1.16 bits per heavy atom. The number of aliphatic hydroxyl groups is 1. The van der Waals surface area contributed by atoms with E-state index in [0.717, 1.165) is 5.39 Å². The summed E-state index contributed by atoms with van der Waals surface area (Å²) >= 11 is 7.36. The van der Waals surface area contributed by atoms with E-state index in [1.807, 2.05) is 12.1 Å². The van der Waals surface area contributed by atoms with Gasteiger partial charge in [0, 0.05) is 10.4 Å². The number of benzene rings is 2. The van der Waals surface area contributed by atoms with Gasteiger partial charge in [-0.15, -0.1) is 10.2 Å². The molecule has 1 atom stereocenters. The highest BCUT2D eigenvalue weighted by molar-refractivity contribution is 7.15. The molecule has 2 aromatic carbocycles. The maximum Gasteiger partial charge on any atom is 0.296 e. The monoisotopic (exact) mass is 451 g/mol. The maximum atomic E-state index is 13.5. The van der Waals surface area contributed by atoms with Crippen molar-refractivity contribution in [2.75, 3.05) is 4.90 Å². The Balaban J connectivity index is 1.67. The number of aromatic nitrogens is 2. The molecule has 3 heterocycles. The molecule has 1 aliphatic rings. The van der Waals surface area contributed by atoms with E-state index in [-0.39, 0.29) is 16.5 Å². The van der Waals surface area contributed by atoms with Crippen molar-refractivity contribution >= 4 is 50.7 Å². The van der Waals surface area contributed by atoms with Crippen molar-refractivity contribution in [3.05, 3.63) is 87.3 Å². The molecule has 5 rings (SSSR count). The second kappa shape index (κ2) is 7.33. The van der Waals surface area contributed by atoms with E-state index < -0.39 is 23.5 Å². The number of carbonyl (C=O) groups excluding carboxylic acids is 2. The lowest BCUT2D eigenvalue weighted by atomic mass is 9.95. The zero-order valence-corrected chi connectivity index (χ0v) is 17.6. The zero-order valence-electron chi connectivity index (χ0n) is 16.1. The molecule has 31 heavy (non-hydrogen) atoms. The van der Waals surface area contributed by atoms with Gasteiger partial charge in [-0.05, 0) is 36.8 Å². The van der Waals surface area contributed by atoms with E-state index in [9.17, 15) is 14.7 Å². The van der Waals surface area contributed by atoms with Crippen molar-refractivity contribution in [3.8, 4) is 0 Å². The molecule has 0 fully saturated rings. The van der Waals surface area contributed by atoms with Gasteiger partial charge in [0.15, 0.2) is 11.5 Å². The van der Waals surface area contributed by atoms with E-state index in [4.69, 9.17) is 16.0 Å². The number of hydrogen-bond acceptors (Lipinski definition) is 7. The van der Waals surface area contributed by atoms with Gasteiger partial charge in [0.25, 0.3) is 5.91 Å². The predicted octanol–water partition coefficient (Wildman–Crippen LogP) is 5.03. The van der Waals surface area contributed by atoms with Crippen LogP contribution in [0.2, 0.25) is 5.02 Å². The van der Waals surface area contributed by atoms with Crippen molar-refractivity contribution in [1.29, 1.82) is 0 Å². The first-order chi connectivity index (χ1) is 14.9. The smallest absolute Gasteiger partial charge is 0.296 e. The number of furan rings is 1. The van der Waals surface area contributed by atoms with Crippen LogP contribution in [0.1, 0.15) is 27.2 Å². The molecule has 154 valence electrons. The normalized spacial score (nSPS) is 16.5. The Hall–Kier alpha value is -3.49. The fourth-order valence-electron chi connectivity index (χ4n) is 3.64. The summed E-state index contributed by atoms with van der Waals surface area (Å²) < 4.78 is 5.70. The van der Waals surface area contributed by atoms with E-state index >= 15 is 0 Å². The number of carbonyl (C=O) groups is 2. The number of rotatable bonds is 4. The van der Waals surface area contributed by atoms with Crippen LogP contribution >= 0.6 is 22.9 Å². The SMILES string of the molecule is Cc1nnc(N2C(=O)C(O)=C(C(=O)c3cc4ccccc4o3)C2c2cccc(Cl)c2)s1. The lowest BCUT2D eigenvalue weighted by molar-refractivity contribution is -0.117. The Morgan fingerprint density at radius 3 is 2.68 bits per heavy atom. The van der Waals surface area contributed by atoms with Crippen LogP contribution in [-0.2, 0) is 4.79 Å². The van der Waals surface area contributed by atoms with Crippen molar-refractivity contribution < 1.29 is 19.1 Å². The van der Waals surface area contributed by atoms with Crippen LogP contribution in [0, 0.1) is 6.92 Å². The summed E-state index contributed by atoms with van der Waals surface area (Å²) in [5, 5.41) is 20.9. The van der Waals surface area contributed by atoms with Crippen molar-refractivity contribution in [2.45, 2.75) is 13.0 Å². The molecular weight excluding hydrogens is 438 g/mol. The van der Waals surface area contributed by atoms with Gasteiger partial charge in [-0.1, -0.05) is 53.3 Å². The fourth-order valence-corrected chi connectivity index (χ4v) is 4.55. The molecule has 0 bridgehead atoms. The quantitative estimate of drug-likeness (QED) is 0.437. The molecule has 0 saturated heterocycles. The maximum absolute atomic E-state index is 13.5. The molecule has 9 heteroatoms. The molecule has 1 N–H and O–H groups in total. The summed E-state index contributed by atoms with van der Waals surface area (Å²) in [7, 11) is 0. The van der Waals surface area contributed by atoms with E-state index in [1.54, 1.807) is 49.4 Å². The third-order valence-electron chi connectivity index (χ3n) is 4.99. The van der Waals surface area contributed by atoms with Crippen LogP contribution in [0.3, 0.4) is 0 Å². The van der Waals surface area contributed by atoms with Crippen molar-refractivity contribution in [1.82, 2.24) is 10.2 Å². The zero-order chi connectivity index (χ0) is 21.7. The minimum Gasteiger partial charge on any atom is -0.503 e. The molecule has 0 aliphatic carbocycles. The number of Topliss-reactive ketones (excluding diaryl/α,β-unsaturated/α-hetero) is 1. The summed E-state index contributed by atoms with van der Waals surface area (Å²) in [6, 6.07) is 14.6. The van der Waals surface area contributed by atoms with E-state index in [1.165, 1.54) is 16.2 Å². The average molecular weight is 452 g/mol. The standard InChI is InChI=1S/C22H14ClN3O4S/c1-11-24-25-22(31-11)26-18(13-6-4-7-14(23)9-13)17(20(28)21(26)29)19(27)16-10-12-5-2-3-8-15(12)30-16/h2-10,18,28H,1H3. The Labute approximate surface area is 185 Å². The highest BCUT2D eigenvalue weighted by Crippen LogP contribution is 2.43. The number of ketones is 1. The summed E-state index contributed by atoms with van der Waals surface area (Å²) in [5.74, 6) is -1.95. The second-order valence-electron chi connectivity index (χ2n) is 6.98. The Kier molecular flexibility index (Phi) is 4.60. The highest BCUT2D eigenvalue weighted by Gasteiger charge is 2.46. The number of anilines is 1. The van der Waals surface area contributed by atoms with Gasteiger partial charge in [-0.25, -0.2) is 0 Å². The first kappa shape index (κ1) is 19.5. The molecule has 1 aliphatic heterocycles. The number of aryl methyl sites for hydroxylation is 1. The van der Waals surface area contributed by atoms with Crippen LogP contribution in [0.5, 0.6) is 0 Å². The third-order valence-corrected chi connectivity index (χ3v) is 6.06. The average Bonchev–Trinajstić information content (AvgIpc) is 3.44. The molecule has 4 aromatic rings. The summed E-state index contributed by atoms with van der Waals surface area (Å²) in [4.78, 5) is 27.8. The van der Waals surface area contributed by atoms with Crippen LogP contribution in [0.25, 0.3) is 11.0 Å². The van der Waals surface area contributed by atoms with Gasteiger partial charge >= 0.3 is 0 Å². The lowest BCUT2D eigenvalue weighted by Gasteiger charge is -2.23. The molecule has 2 aromatic heterocycles.